The number of alkyl halides is 3. The molecule has 0 atom stereocenters. The fraction of sp³-hybridized carbons (Fsp3) is 0.318. The number of ether oxygens (including phenoxy) is 2. The second-order valence-electron chi connectivity index (χ2n) is 6.94. The molecule has 1 N–H and O–H groups in total. The summed E-state index contributed by atoms with van der Waals surface area (Å²) in [5.74, 6) is 0.443. The first-order valence-electron chi connectivity index (χ1n) is 9.62. The van der Waals surface area contributed by atoms with Gasteiger partial charge in [-0.2, -0.15) is 0 Å². The van der Waals surface area contributed by atoms with Crippen molar-refractivity contribution < 1.29 is 22.6 Å². The number of rotatable bonds is 9. The molecule has 0 spiro atoms. The van der Waals surface area contributed by atoms with Crippen molar-refractivity contribution in [2.24, 2.45) is 0 Å². The standard InChI is InChI=1S/C22H24F3N3O2S/c1-26-10-11-28(2)14-19-20(15-6-4-8-17(12-15)29-3)27-21(31-19)16-7-5-9-18(13-16)30-22(23,24)25/h4-9,12-13,26H,10-11,14H2,1-3H3. The molecule has 5 nitrogen and oxygen atoms in total. The number of halogens is 3. The third-order valence-corrected chi connectivity index (χ3v) is 5.60. The fourth-order valence-electron chi connectivity index (χ4n) is 3.03. The highest BCUT2D eigenvalue weighted by atomic mass is 32.1. The summed E-state index contributed by atoms with van der Waals surface area (Å²) in [5.41, 5.74) is 2.25. The quantitative estimate of drug-likeness (QED) is 0.494. The Morgan fingerprint density at radius 3 is 2.42 bits per heavy atom. The Morgan fingerprint density at radius 2 is 1.74 bits per heavy atom. The monoisotopic (exact) mass is 451 g/mol. The van der Waals surface area contributed by atoms with E-state index in [1.54, 1.807) is 13.2 Å². The Bertz CT molecular complexity index is 1010. The van der Waals surface area contributed by atoms with Crippen LogP contribution in [-0.2, 0) is 6.54 Å². The van der Waals surface area contributed by atoms with Crippen LogP contribution in [0.4, 0.5) is 13.2 Å². The molecule has 0 fully saturated rings. The van der Waals surface area contributed by atoms with Crippen molar-refractivity contribution in [3.63, 3.8) is 0 Å². The number of methoxy groups -OCH3 is 1. The molecule has 0 unspecified atom stereocenters. The lowest BCUT2D eigenvalue weighted by molar-refractivity contribution is -0.274. The van der Waals surface area contributed by atoms with Crippen LogP contribution in [0.25, 0.3) is 21.8 Å². The number of aromatic nitrogens is 1. The van der Waals surface area contributed by atoms with Crippen molar-refractivity contribution in [3.05, 3.63) is 53.4 Å². The van der Waals surface area contributed by atoms with Crippen LogP contribution in [0.2, 0.25) is 0 Å². The molecule has 0 aliphatic carbocycles. The van der Waals surface area contributed by atoms with Crippen molar-refractivity contribution >= 4 is 11.3 Å². The van der Waals surface area contributed by atoms with Gasteiger partial charge in [-0.1, -0.05) is 24.3 Å². The molecule has 1 aromatic heterocycles. The van der Waals surface area contributed by atoms with Crippen molar-refractivity contribution in [2.75, 3.05) is 34.3 Å². The Morgan fingerprint density at radius 1 is 1.06 bits per heavy atom. The summed E-state index contributed by atoms with van der Waals surface area (Å²) in [5, 5.41) is 3.75. The number of nitrogens with one attached hydrogen (secondary N) is 1. The normalized spacial score (nSPS) is 11.7. The molecule has 31 heavy (non-hydrogen) atoms. The summed E-state index contributed by atoms with van der Waals surface area (Å²) in [4.78, 5) is 7.97. The van der Waals surface area contributed by atoms with E-state index < -0.39 is 6.36 Å². The first-order valence-corrected chi connectivity index (χ1v) is 10.4. The summed E-state index contributed by atoms with van der Waals surface area (Å²) in [6.07, 6.45) is -4.74. The number of thiazole rings is 1. The first-order chi connectivity index (χ1) is 14.8. The Kier molecular flexibility index (Phi) is 7.53. The van der Waals surface area contributed by atoms with E-state index in [-0.39, 0.29) is 5.75 Å². The number of nitrogens with zero attached hydrogens (tertiary/aromatic N) is 2. The smallest absolute Gasteiger partial charge is 0.497 e. The van der Waals surface area contributed by atoms with Gasteiger partial charge in [-0.15, -0.1) is 24.5 Å². The van der Waals surface area contributed by atoms with Crippen molar-refractivity contribution in [1.82, 2.24) is 15.2 Å². The van der Waals surface area contributed by atoms with Crippen LogP contribution < -0.4 is 14.8 Å². The number of benzene rings is 2. The molecule has 0 saturated heterocycles. The van der Waals surface area contributed by atoms with E-state index in [2.05, 4.69) is 15.0 Å². The predicted molar refractivity (Wildman–Crippen MR) is 116 cm³/mol. The van der Waals surface area contributed by atoms with Crippen molar-refractivity contribution in [1.29, 1.82) is 0 Å². The molecule has 0 aliphatic heterocycles. The fourth-order valence-corrected chi connectivity index (χ4v) is 4.19. The van der Waals surface area contributed by atoms with Crippen molar-refractivity contribution in [2.45, 2.75) is 12.9 Å². The molecule has 2 aromatic carbocycles. The van der Waals surface area contributed by atoms with E-state index in [0.29, 0.717) is 22.9 Å². The van der Waals surface area contributed by atoms with Gasteiger partial charge in [-0.05, 0) is 38.4 Å². The third kappa shape index (κ3) is 6.43. The van der Waals surface area contributed by atoms with E-state index in [1.807, 2.05) is 38.4 Å². The molecule has 0 bridgehead atoms. The number of hydrogen-bond acceptors (Lipinski definition) is 6. The van der Waals surface area contributed by atoms with Crippen molar-refractivity contribution in [3.8, 4) is 33.3 Å². The largest absolute Gasteiger partial charge is 0.573 e. The first kappa shape index (κ1) is 23.1. The van der Waals surface area contributed by atoms with Crippen LogP contribution in [0, 0.1) is 0 Å². The maximum atomic E-state index is 12.6. The molecule has 1 heterocycles. The Hall–Kier alpha value is -2.62. The molecular formula is C22H24F3N3O2S. The minimum absolute atomic E-state index is 0.268. The van der Waals surface area contributed by atoms with E-state index in [1.165, 1.54) is 29.5 Å². The number of hydrogen-bond donors (Lipinski definition) is 1. The van der Waals surface area contributed by atoms with E-state index in [9.17, 15) is 13.2 Å². The van der Waals surface area contributed by atoms with Crippen LogP contribution in [0.15, 0.2) is 48.5 Å². The lowest BCUT2D eigenvalue weighted by Gasteiger charge is -2.16. The molecule has 9 heteroatoms. The lowest BCUT2D eigenvalue weighted by Crippen LogP contribution is -2.26. The second kappa shape index (κ2) is 10.1. The van der Waals surface area contributed by atoms with E-state index in [0.717, 1.165) is 29.2 Å². The molecule has 3 aromatic rings. The highest BCUT2D eigenvalue weighted by molar-refractivity contribution is 7.15. The zero-order chi connectivity index (χ0) is 22.4. The summed E-state index contributed by atoms with van der Waals surface area (Å²) in [7, 11) is 5.52. The van der Waals surface area contributed by atoms with Gasteiger partial charge in [0.1, 0.15) is 16.5 Å². The minimum Gasteiger partial charge on any atom is -0.497 e. The van der Waals surface area contributed by atoms with Gasteiger partial charge in [0.05, 0.1) is 12.8 Å². The lowest BCUT2D eigenvalue weighted by atomic mass is 10.1. The van der Waals surface area contributed by atoms with Crippen LogP contribution in [-0.4, -0.2) is 50.5 Å². The van der Waals surface area contributed by atoms with Gasteiger partial charge in [0.25, 0.3) is 0 Å². The minimum atomic E-state index is -4.74. The molecular weight excluding hydrogens is 427 g/mol. The zero-order valence-electron chi connectivity index (χ0n) is 17.5. The highest BCUT2D eigenvalue weighted by Gasteiger charge is 2.31. The van der Waals surface area contributed by atoms with Gasteiger partial charge in [-0.25, -0.2) is 4.98 Å². The Balaban J connectivity index is 1.99. The van der Waals surface area contributed by atoms with Gasteiger partial charge in [-0.3, -0.25) is 4.90 Å². The van der Waals surface area contributed by atoms with Crippen LogP contribution in [0.1, 0.15) is 4.88 Å². The summed E-state index contributed by atoms with van der Waals surface area (Å²) < 4.78 is 47.3. The zero-order valence-corrected chi connectivity index (χ0v) is 18.3. The maximum absolute atomic E-state index is 12.6. The van der Waals surface area contributed by atoms with Crippen LogP contribution in [0.3, 0.4) is 0 Å². The molecule has 0 aliphatic rings. The highest BCUT2D eigenvalue weighted by Crippen LogP contribution is 2.37. The van der Waals surface area contributed by atoms with Crippen LogP contribution >= 0.6 is 11.3 Å². The molecule has 0 radical (unpaired) electrons. The molecule has 3 rings (SSSR count). The van der Waals surface area contributed by atoms with Crippen LogP contribution in [0.5, 0.6) is 11.5 Å². The second-order valence-corrected chi connectivity index (χ2v) is 8.02. The summed E-state index contributed by atoms with van der Waals surface area (Å²) >= 11 is 1.46. The van der Waals surface area contributed by atoms with Gasteiger partial charge in [0.2, 0.25) is 0 Å². The predicted octanol–water partition coefficient (Wildman–Crippen LogP) is 5.04. The third-order valence-electron chi connectivity index (χ3n) is 4.51. The SMILES string of the molecule is CNCCN(C)Cc1sc(-c2cccc(OC(F)(F)F)c2)nc1-c1cccc(OC)c1. The van der Waals surface area contributed by atoms with Gasteiger partial charge in [0, 0.05) is 35.6 Å². The van der Waals surface area contributed by atoms with Gasteiger partial charge in [0.15, 0.2) is 0 Å². The number of likely N-dealkylation sites (N-methyl/N-ethyl adjacent to an activating group) is 2. The van der Waals surface area contributed by atoms with E-state index >= 15 is 0 Å². The molecule has 166 valence electrons. The van der Waals surface area contributed by atoms with Gasteiger partial charge < -0.3 is 14.8 Å². The summed E-state index contributed by atoms with van der Waals surface area (Å²) in [6, 6.07) is 13.5. The molecule has 0 amide bonds. The van der Waals surface area contributed by atoms with E-state index in [4.69, 9.17) is 9.72 Å². The Labute approximate surface area is 183 Å². The average Bonchev–Trinajstić information content (AvgIpc) is 3.15. The topological polar surface area (TPSA) is 46.6 Å². The average molecular weight is 452 g/mol. The van der Waals surface area contributed by atoms with Gasteiger partial charge >= 0.3 is 6.36 Å². The summed E-state index contributed by atoms with van der Waals surface area (Å²) in [6.45, 7) is 2.34. The molecule has 0 saturated carbocycles. The maximum Gasteiger partial charge on any atom is 0.573 e.